The molecule has 0 amide bonds. The van der Waals surface area contributed by atoms with Crippen molar-refractivity contribution in [3.8, 4) is 0 Å². The first-order valence-corrected chi connectivity index (χ1v) is 9.48. The molecule has 1 atom stereocenters. The number of rotatable bonds is 8. The molecule has 1 aliphatic rings. The molecule has 2 rings (SSSR count). The van der Waals surface area contributed by atoms with Gasteiger partial charge in [0.1, 0.15) is 0 Å². The predicted molar refractivity (Wildman–Crippen MR) is 119 cm³/mol. The van der Waals surface area contributed by atoms with Crippen molar-refractivity contribution in [1.29, 1.82) is 0 Å². The lowest BCUT2D eigenvalue weighted by atomic mass is 10.0. The Morgan fingerprint density at radius 1 is 1.16 bits per heavy atom. The van der Waals surface area contributed by atoms with Crippen molar-refractivity contribution in [2.75, 3.05) is 39.8 Å². The minimum absolute atomic E-state index is 0. The van der Waals surface area contributed by atoms with Crippen LogP contribution in [-0.4, -0.2) is 50.6 Å². The summed E-state index contributed by atoms with van der Waals surface area (Å²) in [5, 5.41) is 6.82. The Balaban J connectivity index is 0.00000312. The molecule has 0 radical (unpaired) electrons. The van der Waals surface area contributed by atoms with Crippen LogP contribution in [0.2, 0.25) is 0 Å². The monoisotopic (exact) mass is 458 g/mol. The van der Waals surface area contributed by atoms with E-state index in [1.807, 2.05) is 7.05 Å². The highest BCUT2D eigenvalue weighted by Gasteiger charge is 2.15. The van der Waals surface area contributed by atoms with Crippen molar-refractivity contribution in [1.82, 2.24) is 15.5 Å². The number of aliphatic imine (C=N–C) groups is 1. The predicted octanol–water partition coefficient (Wildman–Crippen LogP) is 3.52. The number of nitrogens with zero attached hydrogens (tertiary/aromatic N) is 2. The van der Waals surface area contributed by atoms with Crippen LogP contribution in [0.4, 0.5) is 0 Å². The summed E-state index contributed by atoms with van der Waals surface area (Å²) in [6.45, 7) is 8.10. The average Bonchev–Trinajstić information content (AvgIpc) is 2.61. The Morgan fingerprint density at radius 3 is 2.64 bits per heavy atom. The van der Waals surface area contributed by atoms with Crippen LogP contribution in [0.15, 0.2) is 35.3 Å². The second kappa shape index (κ2) is 13.4. The zero-order valence-electron chi connectivity index (χ0n) is 15.8. The first-order chi connectivity index (χ1) is 11.8. The number of halogens is 1. The SMILES string of the molecule is CN=C(NCCCCN1CCCC(C)C1)NCCc1ccccc1.I. The van der Waals surface area contributed by atoms with Gasteiger partial charge in [0.05, 0.1) is 0 Å². The summed E-state index contributed by atoms with van der Waals surface area (Å²) in [5.41, 5.74) is 1.36. The second-order valence-electron chi connectivity index (χ2n) is 6.92. The topological polar surface area (TPSA) is 39.7 Å². The van der Waals surface area contributed by atoms with E-state index in [1.165, 1.54) is 50.9 Å². The highest BCUT2D eigenvalue weighted by atomic mass is 127. The number of likely N-dealkylation sites (tertiary alicyclic amines) is 1. The normalized spacial score (nSPS) is 18.5. The molecule has 142 valence electrons. The molecule has 1 aromatic rings. The minimum Gasteiger partial charge on any atom is -0.356 e. The Labute approximate surface area is 170 Å². The van der Waals surface area contributed by atoms with E-state index in [1.54, 1.807) is 0 Å². The maximum Gasteiger partial charge on any atom is 0.190 e. The van der Waals surface area contributed by atoms with Gasteiger partial charge < -0.3 is 15.5 Å². The molecule has 1 fully saturated rings. The standard InChI is InChI=1S/C20H34N4.HI/c1-18-9-8-16-24(17-18)15-7-6-13-22-20(21-2)23-14-12-19-10-4-3-5-11-19;/h3-5,10-11,18H,6-9,12-17H2,1-2H3,(H2,21,22,23);1H. The van der Waals surface area contributed by atoms with Gasteiger partial charge in [-0.05, 0) is 56.7 Å². The summed E-state index contributed by atoms with van der Waals surface area (Å²) in [6.07, 6.45) is 6.26. The summed E-state index contributed by atoms with van der Waals surface area (Å²) in [7, 11) is 1.84. The zero-order chi connectivity index (χ0) is 17.0. The minimum atomic E-state index is 0. The Morgan fingerprint density at radius 2 is 1.92 bits per heavy atom. The summed E-state index contributed by atoms with van der Waals surface area (Å²) in [5.74, 6) is 1.79. The molecule has 1 heterocycles. The molecule has 0 saturated carbocycles. The number of nitrogens with one attached hydrogen (secondary N) is 2. The van der Waals surface area contributed by atoms with Crippen molar-refractivity contribution in [2.45, 2.75) is 39.0 Å². The van der Waals surface area contributed by atoms with Crippen LogP contribution in [0.1, 0.15) is 38.2 Å². The van der Waals surface area contributed by atoms with Gasteiger partial charge in [0, 0.05) is 26.7 Å². The molecule has 0 aromatic heterocycles. The van der Waals surface area contributed by atoms with Gasteiger partial charge in [-0.1, -0.05) is 37.3 Å². The molecule has 25 heavy (non-hydrogen) atoms. The van der Waals surface area contributed by atoms with Crippen LogP contribution in [0.3, 0.4) is 0 Å². The Kier molecular flexibility index (Phi) is 11.9. The fourth-order valence-corrected chi connectivity index (χ4v) is 3.35. The fourth-order valence-electron chi connectivity index (χ4n) is 3.35. The lowest BCUT2D eigenvalue weighted by molar-refractivity contribution is 0.181. The third kappa shape index (κ3) is 9.45. The third-order valence-electron chi connectivity index (χ3n) is 4.71. The van der Waals surface area contributed by atoms with E-state index in [0.717, 1.165) is 31.4 Å². The molecule has 2 N–H and O–H groups in total. The second-order valence-corrected chi connectivity index (χ2v) is 6.92. The molecular formula is C20H35IN4. The van der Waals surface area contributed by atoms with Gasteiger partial charge in [-0.2, -0.15) is 0 Å². The van der Waals surface area contributed by atoms with Gasteiger partial charge in [0.2, 0.25) is 0 Å². The molecule has 0 bridgehead atoms. The number of guanidine groups is 1. The third-order valence-corrected chi connectivity index (χ3v) is 4.71. The van der Waals surface area contributed by atoms with Crippen molar-refractivity contribution in [3.63, 3.8) is 0 Å². The quantitative estimate of drug-likeness (QED) is 0.271. The van der Waals surface area contributed by atoms with Gasteiger partial charge in [0.15, 0.2) is 5.96 Å². The lowest BCUT2D eigenvalue weighted by Crippen LogP contribution is -2.39. The number of piperidine rings is 1. The zero-order valence-corrected chi connectivity index (χ0v) is 18.2. The highest BCUT2D eigenvalue weighted by Crippen LogP contribution is 2.15. The molecule has 1 aliphatic heterocycles. The largest absolute Gasteiger partial charge is 0.356 e. The molecule has 1 saturated heterocycles. The van der Waals surface area contributed by atoms with Gasteiger partial charge in [0.25, 0.3) is 0 Å². The maximum atomic E-state index is 4.30. The average molecular weight is 458 g/mol. The van der Waals surface area contributed by atoms with E-state index in [-0.39, 0.29) is 24.0 Å². The molecule has 0 aliphatic carbocycles. The Hall–Kier alpha value is -0.820. The smallest absolute Gasteiger partial charge is 0.190 e. The summed E-state index contributed by atoms with van der Waals surface area (Å²) >= 11 is 0. The van der Waals surface area contributed by atoms with Gasteiger partial charge in [-0.15, -0.1) is 24.0 Å². The number of hydrogen-bond donors (Lipinski definition) is 2. The maximum absolute atomic E-state index is 4.30. The van der Waals surface area contributed by atoms with Gasteiger partial charge in [-0.3, -0.25) is 4.99 Å². The highest BCUT2D eigenvalue weighted by molar-refractivity contribution is 14.0. The Bertz CT molecular complexity index is 478. The van der Waals surface area contributed by atoms with E-state index >= 15 is 0 Å². The van der Waals surface area contributed by atoms with E-state index in [0.29, 0.717) is 0 Å². The number of benzene rings is 1. The molecule has 4 nitrogen and oxygen atoms in total. The number of hydrogen-bond acceptors (Lipinski definition) is 2. The fraction of sp³-hybridized carbons (Fsp3) is 0.650. The van der Waals surface area contributed by atoms with Crippen molar-refractivity contribution in [2.24, 2.45) is 10.9 Å². The number of unbranched alkanes of at least 4 members (excludes halogenated alkanes) is 1. The van der Waals surface area contributed by atoms with Crippen molar-refractivity contribution in [3.05, 3.63) is 35.9 Å². The molecular weight excluding hydrogens is 423 g/mol. The van der Waals surface area contributed by atoms with E-state index in [4.69, 9.17) is 0 Å². The first kappa shape index (κ1) is 22.2. The van der Waals surface area contributed by atoms with Crippen LogP contribution >= 0.6 is 24.0 Å². The van der Waals surface area contributed by atoms with E-state index in [9.17, 15) is 0 Å². The summed E-state index contributed by atoms with van der Waals surface area (Å²) in [6, 6.07) is 10.6. The van der Waals surface area contributed by atoms with E-state index in [2.05, 4.69) is 57.8 Å². The summed E-state index contributed by atoms with van der Waals surface area (Å²) in [4.78, 5) is 6.93. The molecule has 0 spiro atoms. The summed E-state index contributed by atoms with van der Waals surface area (Å²) < 4.78 is 0. The van der Waals surface area contributed by atoms with Crippen LogP contribution < -0.4 is 10.6 Å². The van der Waals surface area contributed by atoms with Crippen molar-refractivity contribution < 1.29 is 0 Å². The van der Waals surface area contributed by atoms with Gasteiger partial charge in [-0.25, -0.2) is 0 Å². The molecule has 1 unspecified atom stereocenters. The van der Waals surface area contributed by atoms with Crippen LogP contribution in [-0.2, 0) is 6.42 Å². The first-order valence-electron chi connectivity index (χ1n) is 9.48. The van der Waals surface area contributed by atoms with Crippen LogP contribution in [0, 0.1) is 5.92 Å². The van der Waals surface area contributed by atoms with Crippen molar-refractivity contribution >= 4 is 29.9 Å². The molecule has 1 aromatic carbocycles. The lowest BCUT2D eigenvalue weighted by Gasteiger charge is -2.30. The van der Waals surface area contributed by atoms with Crippen LogP contribution in [0.5, 0.6) is 0 Å². The molecule has 5 heteroatoms. The van der Waals surface area contributed by atoms with E-state index < -0.39 is 0 Å². The van der Waals surface area contributed by atoms with Crippen LogP contribution in [0.25, 0.3) is 0 Å². The van der Waals surface area contributed by atoms with Gasteiger partial charge >= 0.3 is 0 Å².